The lowest BCUT2D eigenvalue weighted by Gasteiger charge is -2.29. The molecule has 104 valence electrons. The zero-order chi connectivity index (χ0) is 14.1. The minimum absolute atomic E-state index is 0.0351. The molecule has 1 aromatic heterocycles. The number of nitrogens with zero attached hydrogens (tertiary/aromatic N) is 3. The normalized spacial score (nSPS) is 14.2. The highest BCUT2D eigenvalue weighted by molar-refractivity contribution is 6.05. The first kappa shape index (κ1) is 12.9. The van der Waals surface area contributed by atoms with Gasteiger partial charge in [0.2, 0.25) is 0 Å². The molecule has 5 heteroatoms. The van der Waals surface area contributed by atoms with Crippen molar-refractivity contribution in [3.8, 4) is 0 Å². The molecule has 0 fully saturated rings. The molecule has 2 aromatic rings. The van der Waals surface area contributed by atoms with Gasteiger partial charge in [0, 0.05) is 32.0 Å². The predicted octanol–water partition coefficient (Wildman–Crippen LogP) is 1.47. The first-order chi connectivity index (χ1) is 9.69. The first-order valence-corrected chi connectivity index (χ1v) is 6.81. The van der Waals surface area contributed by atoms with Gasteiger partial charge in [-0.3, -0.25) is 4.79 Å². The monoisotopic (exact) mass is 270 g/mol. The summed E-state index contributed by atoms with van der Waals surface area (Å²) in [6.07, 6.45) is 5.37. The lowest BCUT2D eigenvalue weighted by molar-refractivity contribution is 0.0980. The third-order valence-electron chi connectivity index (χ3n) is 3.67. The van der Waals surface area contributed by atoms with Crippen molar-refractivity contribution in [1.82, 2.24) is 9.55 Å². The van der Waals surface area contributed by atoms with Crippen molar-refractivity contribution >= 4 is 11.6 Å². The number of anilines is 1. The van der Waals surface area contributed by atoms with Gasteiger partial charge in [-0.2, -0.15) is 0 Å². The number of carbonyl (C=O) groups excluding carboxylic acids is 1. The summed E-state index contributed by atoms with van der Waals surface area (Å²) in [4.78, 5) is 18.5. The molecule has 20 heavy (non-hydrogen) atoms. The Bertz CT molecular complexity index is 647. The Morgan fingerprint density at radius 3 is 3.00 bits per heavy atom. The van der Waals surface area contributed by atoms with Crippen LogP contribution in [0.4, 0.5) is 5.69 Å². The van der Waals surface area contributed by atoms with Gasteiger partial charge in [0.05, 0.1) is 6.33 Å². The average Bonchev–Trinajstić information content (AvgIpc) is 2.91. The van der Waals surface area contributed by atoms with Crippen LogP contribution in [0.25, 0.3) is 0 Å². The first-order valence-electron chi connectivity index (χ1n) is 6.81. The number of imidazole rings is 1. The number of hydrogen-bond acceptors (Lipinski definition) is 3. The van der Waals surface area contributed by atoms with Gasteiger partial charge < -0.3 is 15.2 Å². The molecule has 1 aromatic carbocycles. The number of rotatable bonds is 2. The maximum absolute atomic E-state index is 12.6. The van der Waals surface area contributed by atoms with E-state index in [0.717, 1.165) is 30.6 Å². The van der Waals surface area contributed by atoms with E-state index < -0.39 is 0 Å². The number of carbonyl (C=O) groups is 1. The van der Waals surface area contributed by atoms with Gasteiger partial charge in [0.15, 0.2) is 0 Å². The summed E-state index contributed by atoms with van der Waals surface area (Å²) in [5.74, 6) is -0.0351. The fourth-order valence-corrected chi connectivity index (χ4v) is 2.65. The molecule has 2 N–H and O–H groups in total. The molecular formula is C15H18N4O. The minimum Gasteiger partial charge on any atom is -0.340 e. The van der Waals surface area contributed by atoms with Crippen LogP contribution in [0.15, 0.2) is 30.7 Å². The number of fused-ring (bicyclic) bond motifs is 1. The topological polar surface area (TPSA) is 64.2 Å². The molecule has 0 unspecified atom stereocenters. The number of hydrogen-bond donors (Lipinski definition) is 1. The second-order valence-electron chi connectivity index (χ2n) is 5.15. The van der Waals surface area contributed by atoms with Crippen molar-refractivity contribution in [1.29, 1.82) is 0 Å². The second kappa shape index (κ2) is 5.09. The molecule has 0 aliphatic carbocycles. The third kappa shape index (κ3) is 2.20. The van der Waals surface area contributed by atoms with Gasteiger partial charge in [-0.25, -0.2) is 4.98 Å². The van der Waals surface area contributed by atoms with E-state index in [1.165, 1.54) is 5.56 Å². The minimum atomic E-state index is -0.0351. The van der Waals surface area contributed by atoms with Crippen molar-refractivity contribution in [2.75, 3.05) is 11.4 Å². The third-order valence-corrected chi connectivity index (χ3v) is 3.67. The molecule has 5 nitrogen and oxygen atoms in total. The molecule has 0 saturated carbocycles. The maximum atomic E-state index is 12.6. The van der Waals surface area contributed by atoms with Crippen LogP contribution in [-0.2, 0) is 20.0 Å². The van der Waals surface area contributed by atoms with Gasteiger partial charge in [-0.1, -0.05) is 12.1 Å². The van der Waals surface area contributed by atoms with Crippen LogP contribution < -0.4 is 10.6 Å². The summed E-state index contributed by atoms with van der Waals surface area (Å²) in [6.45, 7) is 1.27. The molecule has 0 saturated heterocycles. The summed E-state index contributed by atoms with van der Waals surface area (Å²) in [5.41, 5.74) is 9.46. The van der Waals surface area contributed by atoms with Crippen LogP contribution in [0.2, 0.25) is 0 Å². The van der Waals surface area contributed by atoms with E-state index in [0.29, 0.717) is 12.2 Å². The Labute approximate surface area is 118 Å². The van der Waals surface area contributed by atoms with Gasteiger partial charge >= 0.3 is 0 Å². The molecule has 1 amide bonds. The summed E-state index contributed by atoms with van der Waals surface area (Å²) >= 11 is 0. The van der Waals surface area contributed by atoms with Crippen molar-refractivity contribution in [2.24, 2.45) is 12.8 Å². The Hall–Kier alpha value is -2.14. The van der Waals surface area contributed by atoms with E-state index in [1.54, 1.807) is 17.1 Å². The largest absolute Gasteiger partial charge is 0.340 e. The van der Waals surface area contributed by atoms with Crippen LogP contribution >= 0.6 is 0 Å². The van der Waals surface area contributed by atoms with Crippen molar-refractivity contribution < 1.29 is 4.79 Å². The van der Waals surface area contributed by atoms with Crippen molar-refractivity contribution in [3.63, 3.8) is 0 Å². The van der Waals surface area contributed by atoms with Gasteiger partial charge in [-0.05, 0) is 30.0 Å². The fraction of sp³-hybridized carbons (Fsp3) is 0.333. The second-order valence-corrected chi connectivity index (χ2v) is 5.15. The van der Waals surface area contributed by atoms with E-state index >= 15 is 0 Å². The zero-order valence-electron chi connectivity index (χ0n) is 11.5. The molecule has 0 bridgehead atoms. The highest BCUT2D eigenvalue weighted by Gasteiger charge is 2.24. The van der Waals surface area contributed by atoms with Crippen LogP contribution in [0.1, 0.15) is 28.0 Å². The number of benzene rings is 1. The van der Waals surface area contributed by atoms with Crippen LogP contribution in [0, 0.1) is 0 Å². The molecular weight excluding hydrogens is 252 g/mol. The van der Waals surface area contributed by atoms with Crippen LogP contribution in [-0.4, -0.2) is 22.0 Å². The Kier molecular flexibility index (Phi) is 3.28. The number of aryl methyl sites for hydroxylation is 2. The van der Waals surface area contributed by atoms with E-state index in [2.05, 4.69) is 11.1 Å². The van der Waals surface area contributed by atoms with Crippen LogP contribution in [0.5, 0.6) is 0 Å². The van der Waals surface area contributed by atoms with E-state index in [4.69, 9.17) is 5.73 Å². The quantitative estimate of drug-likeness (QED) is 0.898. The summed E-state index contributed by atoms with van der Waals surface area (Å²) < 4.78 is 1.79. The van der Waals surface area contributed by atoms with Crippen molar-refractivity contribution in [3.05, 3.63) is 47.5 Å². The molecule has 1 aliphatic rings. The number of aromatic nitrogens is 2. The lowest BCUT2D eigenvalue weighted by atomic mass is 9.99. The summed E-state index contributed by atoms with van der Waals surface area (Å²) in [6, 6.07) is 6.09. The predicted molar refractivity (Wildman–Crippen MR) is 77.5 cm³/mol. The Morgan fingerprint density at radius 1 is 1.45 bits per heavy atom. The molecule has 1 aliphatic heterocycles. The van der Waals surface area contributed by atoms with E-state index in [1.807, 2.05) is 24.1 Å². The summed E-state index contributed by atoms with van der Waals surface area (Å²) in [5, 5.41) is 0. The van der Waals surface area contributed by atoms with Gasteiger partial charge in [-0.15, -0.1) is 0 Å². The average molecular weight is 270 g/mol. The number of amides is 1. The zero-order valence-corrected chi connectivity index (χ0v) is 11.5. The van der Waals surface area contributed by atoms with Gasteiger partial charge in [0.25, 0.3) is 5.91 Å². The highest BCUT2D eigenvalue weighted by atomic mass is 16.2. The Balaban J connectivity index is 1.95. The molecule has 0 atom stereocenters. The SMILES string of the molecule is Cn1cnc(C(=O)N2CCCc3cc(CN)ccc32)c1. The lowest BCUT2D eigenvalue weighted by Crippen LogP contribution is -2.35. The summed E-state index contributed by atoms with van der Waals surface area (Å²) in [7, 11) is 1.86. The maximum Gasteiger partial charge on any atom is 0.278 e. The fourth-order valence-electron chi connectivity index (χ4n) is 2.65. The van der Waals surface area contributed by atoms with E-state index in [-0.39, 0.29) is 5.91 Å². The number of nitrogens with two attached hydrogens (primary N) is 1. The van der Waals surface area contributed by atoms with Crippen LogP contribution in [0.3, 0.4) is 0 Å². The Morgan fingerprint density at radius 2 is 2.30 bits per heavy atom. The molecule has 0 spiro atoms. The van der Waals surface area contributed by atoms with Gasteiger partial charge in [0.1, 0.15) is 5.69 Å². The molecule has 3 rings (SSSR count). The smallest absolute Gasteiger partial charge is 0.278 e. The molecule has 2 heterocycles. The van der Waals surface area contributed by atoms with Crippen molar-refractivity contribution in [2.45, 2.75) is 19.4 Å². The highest BCUT2D eigenvalue weighted by Crippen LogP contribution is 2.29. The standard InChI is InChI=1S/C15H18N4O/c1-18-9-13(17-10-18)15(20)19-6-2-3-12-7-11(8-16)4-5-14(12)19/h4-5,7,9-10H,2-3,6,8,16H2,1H3. The molecule has 0 radical (unpaired) electrons. The van der Waals surface area contributed by atoms with E-state index in [9.17, 15) is 4.79 Å².